The lowest BCUT2D eigenvalue weighted by Crippen LogP contribution is -2.46. The summed E-state index contributed by atoms with van der Waals surface area (Å²) < 4.78 is 44.1. The summed E-state index contributed by atoms with van der Waals surface area (Å²) in [4.78, 5) is 29.5. The van der Waals surface area contributed by atoms with Crippen molar-refractivity contribution < 1.29 is 18.0 Å². The normalized spacial score (nSPS) is 16.9. The molecule has 44 heavy (non-hydrogen) atoms. The van der Waals surface area contributed by atoms with Gasteiger partial charge < -0.3 is 4.90 Å². The van der Waals surface area contributed by atoms with Crippen molar-refractivity contribution in [3.05, 3.63) is 97.1 Å². The van der Waals surface area contributed by atoms with Crippen molar-refractivity contribution in [1.82, 2.24) is 34.5 Å². The molecular weight excluding hydrogens is 639 g/mol. The Hall–Kier alpha value is -4.26. The van der Waals surface area contributed by atoms with Crippen molar-refractivity contribution in [3.8, 4) is 16.9 Å². The van der Waals surface area contributed by atoms with Gasteiger partial charge in [-0.15, -0.1) is 5.10 Å². The monoisotopic (exact) mass is 665 g/mol. The van der Waals surface area contributed by atoms with Crippen molar-refractivity contribution in [3.63, 3.8) is 0 Å². The van der Waals surface area contributed by atoms with Gasteiger partial charge in [-0.1, -0.05) is 33.3 Å². The minimum atomic E-state index is -4.62. The summed E-state index contributed by atoms with van der Waals surface area (Å²) >= 11 is 2.95. The Balaban J connectivity index is 1.33. The second kappa shape index (κ2) is 10.4. The molecule has 1 saturated carbocycles. The van der Waals surface area contributed by atoms with E-state index in [1.165, 1.54) is 17.0 Å². The lowest BCUT2D eigenvalue weighted by Gasteiger charge is -2.35. The standard InChI is InChI=1S/C31H27BrF3N7O2/c1-16-11-23-26(15-40(16)29(43)20-7-10-25(32)24(13-20)31(33,34)35)42-28(21(14-36-42)12-18-3-4-18)41(30(23)44)22-8-5-19(6-9-22)27-17(2)37-39-38-27/h5-10,13-14,16,18H,3-4,11-12,15H2,1-2H3,(H,37,38,39)/t16-/m1/s1. The summed E-state index contributed by atoms with van der Waals surface area (Å²) in [6.07, 6.45) is 0.403. The van der Waals surface area contributed by atoms with Crippen LogP contribution >= 0.6 is 15.9 Å². The average Bonchev–Trinajstić information content (AvgIpc) is 3.56. The van der Waals surface area contributed by atoms with Crippen molar-refractivity contribution >= 4 is 27.5 Å². The zero-order valence-electron chi connectivity index (χ0n) is 23.8. The third kappa shape index (κ3) is 4.83. The zero-order valence-corrected chi connectivity index (χ0v) is 25.4. The van der Waals surface area contributed by atoms with E-state index in [1.807, 2.05) is 31.2 Å². The first-order valence-electron chi connectivity index (χ1n) is 14.3. The summed E-state index contributed by atoms with van der Waals surface area (Å²) in [6.45, 7) is 3.70. The van der Waals surface area contributed by atoms with Gasteiger partial charge in [0.05, 0.1) is 41.1 Å². The molecule has 1 aliphatic heterocycles. The van der Waals surface area contributed by atoms with E-state index in [4.69, 9.17) is 5.10 Å². The van der Waals surface area contributed by atoms with E-state index in [-0.39, 0.29) is 28.6 Å². The third-order valence-electron chi connectivity index (χ3n) is 8.57. The van der Waals surface area contributed by atoms with Gasteiger partial charge in [-0.3, -0.25) is 19.3 Å². The first-order chi connectivity index (χ1) is 21.0. The molecule has 1 fully saturated rings. The van der Waals surface area contributed by atoms with Crippen LogP contribution in [0.4, 0.5) is 13.2 Å². The molecule has 0 saturated heterocycles. The second-order valence-corrected chi connectivity index (χ2v) is 12.5. The maximum absolute atomic E-state index is 14.3. The number of rotatable bonds is 5. The smallest absolute Gasteiger partial charge is 0.330 e. The molecule has 4 heterocycles. The number of fused-ring (bicyclic) bond motifs is 3. The highest BCUT2D eigenvalue weighted by atomic mass is 79.9. The predicted octanol–water partition coefficient (Wildman–Crippen LogP) is 5.90. The molecule has 0 spiro atoms. The quantitative estimate of drug-likeness (QED) is 0.252. The molecule has 13 heteroatoms. The number of carbonyl (C=O) groups excluding carboxylic acids is 1. The fourth-order valence-electron chi connectivity index (χ4n) is 6.05. The van der Waals surface area contributed by atoms with Gasteiger partial charge in [-0.2, -0.15) is 18.3 Å². The molecule has 0 bridgehead atoms. The van der Waals surface area contributed by atoms with Crippen LogP contribution < -0.4 is 5.56 Å². The Morgan fingerprint density at radius 3 is 2.55 bits per heavy atom. The molecule has 1 amide bonds. The molecule has 0 unspecified atom stereocenters. The number of nitrogens with one attached hydrogen (secondary N) is 1. The van der Waals surface area contributed by atoms with Crippen molar-refractivity contribution in [1.29, 1.82) is 0 Å². The molecular formula is C31H27BrF3N7O2. The number of hydrogen-bond donors (Lipinski definition) is 1. The Morgan fingerprint density at radius 2 is 1.89 bits per heavy atom. The predicted molar refractivity (Wildman–Crippen MR) is 160 cm³/mol. The number of aromatic nitrogens is 6. The van der Waals surface area contributed by atoms with Gasteiger partial charge in [0.15, 0.2) is 0 Å². The van der Waals surface area contributed by atoms with E-state index in [2.05, 4.69) is 31.3 Å². The van der Waals surface area contributed by atoms with E-state index in [9.17, 15) is 22.8 Å². The number of alkyl halides is 3. The maximum atomic E-state index is 14.3. The molecule has 1 atom stereocenters. The molecule has 226 valence electrons. The Kier molecular flexibility index (Phi) is 6.76. The number of amides is 1. The summed E-state index contributed by atoms with van der Waals surface area (Å²) in [5, 5.41) is 15.5. The largest absolute Gasteiger partial charge is 0.417 e. The number of hydrogen-bond acceptors (Lipinski definition) is 5. The van der Waals surface area contributed by atoms with Gasteiger partial charge in [0, 0.05) is 32.8 Å². The van der Waals surface area contributed by atoms with E-state index < -0.39 is 23.7 Å². The molecule has 5 aromatic rings. The van der Waals surface area contributed by atoms with Crippen LogP contribution in [0.2, 0.25) is 0 Å². The maximum Gasteiger partial charge on any atom is 0.417 e. The molecule has 9 nitrogen and oxygen atoms in total. The lowest BCUT2D eigenvalue weighted by atomic mass is 9.97. The fourth-order valence-corrected chi connectivity index (χ4v) is 6.52. The Morgan fingerprint density at radius 1 is 1.14 bits per heavy atom. The van der Waals surface area contributed by atoms with Gasteiger partial charge in [-0.25, -0.2) is 4.52 Å². The Labute approximate surface area is 257 Å². The molecule has 1 aliphatic carbocycles. The topological polar surface area (TPSA) is 101 Å². The van der Waals surface area contributed by atoms with Crippen LogP contribution in [0, 0.1) is 12.8 Å². The first kappa shape index (κ1) is 28.5. The number of nitrogens with zero attached hydrogens (tertiary/aromatic N) is 6. The highest BCUT2D eigenvalue weighted by Crippen LogP contribution is 2.37. The van der Waals surface area contributed by atoms with Crippen LogP contribution in [-0.4, -0.2) is 46.4 Å². The average molecular weight is 667 g/mol. The molecule has 7 rings (SSSR count). The van der Waals surface area contributed by atoms with Crippen LogP contribution in [0.25, 0.3) is 22.6 Å². The number of benzene rings is 2. The van der Waals surface area contributed by atoms with Crippen LogP contribution in [-0.2, 0) is 25.6 Å². The highest BCUT2D eigenvalue weighted by molar-refractivity contribution is 9.10. The number of halogens is 4. The van der Waals surface area contributed by atoms with Crippen LogP contribution in [0.15, 0.2) is 57.9 Å². The van der Waals surface area contributed by atoms with Gasteiger partial charge in [0.1, 0.15) is 5.65 Å². The van der Waals surface area contributed by atoms with E-state index >= 15 is 0 Å². The Bertz CT molecular complexity index is 1990. The van der Waals surface area contributed by atoms with Gasteiger partial charge in [0.25, 0.3) is 11.5 Å². The SMILES string of the molecule is Cc1nn[nH]c1-c1ccc(-n2c(=O)c3c(n4ncc(CC5CC5)c24)CN(C(=O)c2ccc(Br)c(C(F)(F)F)c2)[C@H](C)C3)cc1. The van der Waals surface area contributed by atoms with Crippen molar-refractivity contribution in [2.45, 2.75) is 58.3 Å². The second-order valence-electron chi connectivity index (χ2n) is 11.6. The highest BCUT2D eigenvalue weighted by Gasteiger charge is 2.37. The third-order valence-corrected chi connectivity index (χ3v) is 9.26. The molecule has 2 aliphatic rings. The minimum Gasteiger partial charge on any atom is -0.330 e. The molecule has 1 N–H and O–H groups in total. The van der Waals surface area contributed by atoms with E-state index in [1.54, 1.807) is 22.2 Å². The van der Waals surface area contributed by atoms with Gasteiger partial charge in [0.2, 0.25) is 0 Å². The van der Waals surface area contributed by atoms with E-state index in [0.29, 0.717) is 28.5 Å². The summed E-state index contributed by atoms with van der Waals surface area (Å²) in [5.74, 6) is -0.0119. The number of carbonyl (C=O) groups is 1. The van der Waals surface area contributed by atoms with Crippen molar-refractivity contribution in [2.24, 2.45) is 5.92 Å². The number of aryl methyl sites for hydroxylation is 1. The number of aromatic amines is 1. The van der Waals surface area contributed by atoms with Gasteiger partial charge in [-0.05, 0) is 75.8 Å². The summed E-state index contributed by atoms with van der Waals surface area (Å²) in [5.41, 5.74) is 4.60. The minimum absolute atomic E-state index is 0.0366. The lowest BCUT2D eigenvalue weighted by molar-refractivity contribution is -0.138. The zero-order chi connectivity index (χ0) is 30.9. The fraction of sp³-hybridized carbons (Fsp3) is 0.323. The number of H-pyrrole nitrogens is 1. The molecule has 3 aromatic heterocycles. The summed E-state index contributed by atoms with van der Waals surface area (Å²) in [7, 11) is 0. The molecule has 0 radical (unpaired) electrons. The van der Waals surface area contributed by atoms with E-state index in [0.717, 1.165) is 47.8 Å². The van der Waals surface area contributed by atoms with Crippen molar-refractivity contribution in [2.75, 3.05) is 0 Å². The van der Waals surface area contributed by atoms with Gasteiger partial charge >= 0.3 is 6.18 Å². The molecule has 2 aromatic carbocycles. The first-order valence-corrected chi connectivity index (χ1v) is 15.1. The van der Waals surface area contributed by atoms with Crippen LogP contribution in [0.5, 0.6) is 0 Å². The van der Waals surface area contributed by atoms with Crippen LogP contribution in [0.1, 0.15) is 58.2 Å². The summed E-state index contributed by atoms with van der Waals surface area (Å²) in [6, 6.07) is 10.6. The van der Waals surface area contributed by atoms with Crippen LogP contribution in [0.3, 0.4) is 0 Å².